The molecule has 0 aliphatic heterocycles. The lowest BCUT2D eigenvalue weighted by atomic mass is 10.1. The monoisotopic (exact) mass is 540 g/mol. The zero-order valence-electron chi connectivity index (χ0n) is 21.7. The quantitative estimate of drug-likeness (QED) is 0.283. The topological polar surface area (TPSA) is 122 Å². The van der Waals surface area contributed by atoms with Crippen molar-refractivity contribution in [2.24, 2.45) is 0 Å². The zero-order chi connectivity index (χ0) is 27.8. The molecule has 0 saturated heterocycles. The van der Waals surface area contributed by atoms with Crippen LogP contribution in [0.5, 0.6) is 0 Å². The summed E-state index contributed by atoms with van der Waals surface area (Å²) < 4.78 is 1.42. The van der Waals surface area contributed by atoms with Gasteiger partial charge in [0, 0.05) is 40.5 Å². The summed E-state index contributed by atoms with van der Waals surface area (Å²) in [5.41, 5.74) is 5.23. The second kappa shape index (κ2) is 10.3. The number of nitrogens with zero attached hydrogens (tertiary/aromatic N) is 5. The number of aromatic carboxylic acids is 1. The first-order valence-electron chi connectivity index (χ1n) is 12.2. The van der Waals surface area contributed by atoms with Gasteiger partial charge in [-0.2, -0.15) is 0 Å². The van der Waals surface area contributed by atoms with Crippen molar-refractivity contribution in [1.29, 1.82) is 0 Å². The molecule has 0 aliphatic carbocycles. The highest BCUT2D eigenvalue weighted by atomic mass is 35.5. The molecule has 0 bridgehead atoms. The number of hydrogen-bond donors (Lipinski definition) is 2. The third-order valence-corrected chi connectivity index (χ3v) is 6.61. The number of halogens is 1. The molecule has 0 spiro atoms. The van der Waals surface area contributed by atoms with E-state index in [1.54, 1.807) is 37.4 Å². The number of fused-ring (bicyclic) bond motifs is 1. The fraction of sp³-hybridized carbons (Fsp3) is 0.172. The van der Waals surface area contributed by atoms with E-state index in [9.17, 15) is 14.7 Å². The van der Waals surface area contributed by atoms with Crippen molar-refractivity contribution in [2.75, 3.05) is 5.32 Å². The van der Waals surface area contributed by atoms with Crippen molar-refractivity contribution >= 4 is 28.9 Å². The lowest BCUT2D eigenvalue weighted by molar-refractivity contribution is 0.0698. The van der Waals surface area contributed by atoms with Gasteiger partial charge in [-0.15, -0.1) is 0 Å². The van der Waals surface area contributed by atoms with E-state index >= 15 is 0 Å². The number of carbonyl (C=O) groups is 1. The Morgan fingerprint density at radius 1 is 1.03 bits per heavy atom. The van der Waals surface area contributed by atoms with Crippen LogP contribution in [0.2, 0.25) is 5.02 Å². The van der Waals surface area contributed by atoms with Gasteiger partial charge in [-0.25, -0.2) is 19.7 Å². The van der Waals surface area contributed by atoms with E-state index in [0.29, 0.717) is 56.0 Å². The van der Waals surface area contributed by atoms with Gasteiger partial charge >= 0.3 is 5.97 Å². The van der Waals surface area contributed by atoms with Crippen LogP contribution in [0.15, 0.2) is 65.7 Å². The van der Waals surface area contributed by atoms with Gasteiger partial charge in [0.05, 0.1) is 33.7 Å². The number of rotatable bonds is 6. The molecule has 0 amide bonds. The molecule has 1 aromatic carbocycles. The fourth-order valence-electron chi connectivity index (χ4n) is 4.56. The van der Waals surface area contributed by atoms with Gasteiger partial charge in [-0.05, 0) is 64.1 Å². The largest absolute Gasteiger partial charge is 0.478 e. The first-order chi connectivity index (χ1) is 18.6. The summed E-state index contributed by atoms with van der Waals surface area (Å²) in [5.74, 6) is -0.382. The van der Waals surface area contributed by atoms with Gasteiger partial charge in [0.1, 0.15) is 11.5 Å². The van der Waals surface area contributed by atoms with Crippen LogP contribution in [-0.2, 0) is 0 Å². The molecule has 5 aromatic rings. The van der Waals surface area contributed by atoms with Crippen LogP contribution >= 0.6 is 11.6 Å². The van der Waals surface area contributed by atoms with E-state index in [1.807, 2.05) is 39.0 Å². The van der Waals surface area contributed by atoms with Crippen molar-refractivity contribution in [3.05, 3.63) is 105 Å². The SMILES string of the molecule is Cc1cc(-c2ccc(-c3nc4c([C@@H](C)Nc5ccccc5C(=O)O)cc(Cl)cn4c(=O)c3C)cn2)nc(C)n1. The molecule has 39 heavy (non-hydrogen) atoms. The van der Waals surface area contributed by atoms with E-state index in [2.05, 4.69) is 20.3 Å². The van der Waals surface area contributed by atoms with Crippen molar-refractivity contribution in [3.63, 3.8) is 0 Å². The van der Waals surface area contributed by atoms with E-state index in [1.165, 1.54) is 16.7 Å². The Morgan fingerprint density at radius 2 is 1.79 bits per heavy atom. The van der Waals surface area contributed by atoms with Gasteiger partial charge in [0.25, 0.3) is 5.56 Å². The molecule has 4 heterocycles. The Balaban J connectivity index is 1.60. The number of nitrogens with one attached hydrogen (secondary N) is 1. The second-order valence-electron chi connectivity index (χ2n) is 9.29. The number of anilines is 1. The van der Waals surface area contributed by atoms with Gasteiger partial charge in [0.2, 0.25) is 0 Å². The summed E-state index contributed by atoms with van der Waals surface area (Å²) in [6.07, 6.45) is 3.21. The van der Waals surface area contributed by atoms with Crippen molar-refractivity contribution < 1.29 is 9.90 Å². The first-order valence-corrected chi connectivity index (χ1v) is 12.6. The second-order valence-corrected chi connectivity index (χ2v) is 9.72. The Hall–Kier alpha value is -4.63. The number of carboxylic acid groups (broad SMARTS) is 1. The number of hydrogen-bond acceptors (Lipinski definition) is 7. The summed E-state index contributed by atoms with van der Waals surface area (Å²) in [7, 11) is 0. The Morgan fingerprint density at radius 3 is 2.49 bits per heavy atom. The molecule has 1 atom stereocenters. The van der Waals surface area contributed by atoms with Crippen LogP contribution in [-0.4, -0.2) is 35.4 Å². The summed E-state index contributed by atoms with van der Waals surface area (Å²) in [5, 5.41) is 13.2. The third kappa shape index (κ3) is 5.08. The summed E-state index contributed by atoms with van der Waals surface area (Å²) in [6.45, 7) is 7.31. The molecule has 0 aliphatic rings. The standard InChI is InChI=1S/C29H25ClN6O3/c1-15-11-25(34-18(4)32-15)24-10-9-19(13-31-24)26-16(2)28(37)36-14-20(30)12-22(27(36)35-26)17(3)33-23-8-6-5-7-21(23)29(38)39/h5-14,17,33H,1-4H3,(H,38,39)/t17-/m1/s1. The molecular weight excluding hydrogens is 516 g/mol. The van der Waals surface area contributed by atoms with Crippen molar-refractivity contribution in [1.82, 2.24) is 24.3 Å². The van der Waals surface area contributed by atoms with Crippen molar-refractivity contribution in [2.45, 2.75) is 33.7 Å². The molecule has 196 valence electrons. The number of benzene rings is 1. The summed E-state index contributed by atoms with van der Waals surface area (Å²) in [6, 6.07) is 13.5. The first kappa shape index (κ1) is 26.0. The average molecular weight is 541 g/mol. The molecule has 0 saturated carbocycles. The van der Waals surface area contributed by atoms with Crippen LogP contribution in [0.3, 0.4) is 0 Å². The van der Waals surface area contributed by atoms with Gasteiger partial charge < -0.3 is 10.4 Å². The smallest absolute Gasteiger partial charge is 0.337 e. The van der Waals surface area contributed by atoms with Gasteiger partial charge in [0.15, 0.2) is 0 Å². The Bertz CT molecular complexity index is 1780. The van der Waals surface area contributed by atoms with Gasteiger partial charge in [-0.3, -0.25) is 14.2 Å². The number of para-hydroxylation sites is 1. The molecule has 0 unspecified atom stereocenters. The molecule has 4 aromatic heterocycles. The molecule has 0 radical (unpaired) electrons. The lowest BCUT2D eigenvalue weighted by Gasteiger charge is -2.20. The van der Waals surface area contributed by atoms with E-state index in [0.717, 1.165) is 5.69 Å². The summed E-state index contributed by atoms with van der Waals surface area (Å²) in [4.78, 5) is 43.4. The Kier molecular flexibility index (Phi) is 6.84. The molecule has 9 nitrogen and oxygen atoms in total. The van der Waals surface area contributed by atoms with Crippen LogP contribution in [0.1, 0.15) is 46.0 Å². The van der Waals surface area contributed by atoms with Crippen LogP contribution in [0.25, 0.3) is 28.3 Å². The predicted molar refractivity (Wildman–Crippen MR) is 150 cm³/mol. The van der Waals surface area contributed by atoms with E-state index in [-0.39, 0.29) is 11.1 Å². The van der Waals surface area contributed by atoms with Crippen LogP contribution in [0, 0.1) is 20.8 Å². The molecule has 2 N–H and O–H groups in total. The van der Waals surface area contributed by atoms with Crippen molar-refractivity contribution in [3.8, 4) is 22.6 Å². The molecule has 0 fully saturated rings. The highest BCUT2D eigenvalue weighted by molar-refractivity contribution is 6.30. The van der Waals surface area contributed by atoms with Crippen LogP contribution in [0.4, 0.5) is 5.69 Å². The maximum absolute atomic E-state index is 13.4. The number of carboxylic acids is 1. The van der Waals surface area contributed by atoms with Crippen LogP contribution < -0.4 is 10.9 Å². The van der Waals surface area contributed by atoms with E-state index < -0.39 is 12.0 Å². The van der Waals surface area contributed by atoms with E-state index in [4.69, 9.17) is 16.6 Å². The fourth-order valence-corrected chi connectivity index (χ4v) is 4.77. The average Bonchev–Trinajstić information content (AvgIpc) is 2.90. The Labute approximate surface area is 229 Å². The number of aromatic nitrogens is 5. The minimum atomic E-state index is -1.04. The maximum Gasteiger partial charge on any atom is 0.337 e. The molecule has 10 heteroatoms. The summed E-state index contributed by atoms with van der Waals surface area (Å²) >= 11 is 6.40. The lowest BCUT2D eigenvalue weighted by Crippen LogP contribution is -2.21. The molecular formula is C29H25ClN6O3. The third-order valence-electron chi connectivity index (χ3n) is 6.41. The highest BCUT2D eigenvalue weighted by Gasteiger charge is 2.19. The maximum atomic E-state index is 13.4. The molecule has 5 rings (SSSR count). The number of pyridine rings is 2. The minimum Gasteiger partial charge on any atom is -0.478 e. The normalized spacial score (nSPS) is 11.9. The minimum absolute atomic E-state index is 0.137. The highest BCUT2D eigenvalue weighted by Crippen LogP contribution is 2.29. The predicted octanol–water partition coefficient (Wildman–Crippen LogP) is 5.66. The number of aryl methyl sites for hydroxylation is 2. The zero-order valence-corrected chi connectivity index (χ0v) is 22.5. The van der Waals surface area contributed by atoms with Gasteiger partial charge in [-0.1, -0.05) is 23.7 Å².